The van der Waals surface area contributed by atoms with Gasteiger partial charge in [0, 0.05) is 37.9 Å². The molecule has 2 aliphatic rings. The third kappa shape index (κ3) is 3.48. The Bertz CT molecular complexity index is 739. The summed E-state index contributed by atoms with van der Waals surface area (Å²) in [7, 11) is 0. The minimum absolute atomic E-state index is 0.108. The smallest absolute Gasteiger partial charge is 0.261 e. The molecule has 0 unspecified atom stereocenters. The number of hydrogen-bond donors (Lipinski definition) is 2. The second-order valence-corrected chi connectivity index (χ2v) is 5.71. The SMILES string of the molecule is C#CCCC1(CCNC(=O)c2cc3c([nH]c2=O)CCOC3)N=N1. The Kier molecular flexibility index (Phi) is 4.26. The highest BCUT2D eigenvalue weighted by atomic mass is 16.5. The molecule has 0 spiro atoms. The maximum Gasteiger partial charge on any atom is 0.261 e. The van der Waals surface area contributed by atoms with E-state index < -0.39 is 11.6 Å². The Hall–Kier alpha value is -2.46. The minimum atomic E-state index is -0.435. The van der Waals surface area contributed by atoms with Crippen molar-refractivity contribution in [1.29, 1.82) is 0 Å². The van der Waals surface area contributed by atoms with E-state index in [0.717, 1.165) is 11.3 Å². The molecule has 0 atom stereocenters. The summed E-state index contributed by atoms with van der Waals surface area (Å²) in [5.74, 6) is 2.16. The van der Waals surface area contributed by atoms with Gasteiger partial charge in [-0.25, -0.2) is 0 Å². The van der Waals surface area contributed by atoms with E-state index in [1.165, 1.54) is 0 Å². The topological polar surface area (TPSA) is 95.9 Å². The van der Waals surface area contributed by atoms with Gasteiger partial charge in [0.05, 0.1) is 13.2 Å². The molecule has 0 aromatic carbocycles. The molecule has 0 fully saturated rings. The van der Waals surface area contributed by atoms with Crippen molar-refractivity contribution in [3.8, 4) is 12.3 Å². The van der Waals surface area contributed by atoms with Crippen LogP contribution in [0.2, 0.25) is 0 Å². The van der Waals surface area contributed by atoms with Crippen molar-refractivity contribution in [3.63, 3.8) is 0 Å². The molecule has 1 amide bonds. The van der Waals surface area contributed by atoms with Crippen molar-refractivity contribution in [1.82, 2.24) is 10.3 Å². The van der Waals surface area contributed by atoms with Crippen LogP contribution in [0.1, 0.15) is 40.9 Å². The van der Waals surface area contributed by atoms with Crippen LogP contribution < -0.4 is 10.9 Å². The third-order valence-corrected chi connectivity index (χ3v) is 4.08. The first kappa shape index (κ1) is 15.4. The molecule has 1 aromatic heterocycles. The van der Waals surface area contributed by atoms with Gasteiger partial charge in [-0.05, 0) is 11.6 Å². The monoisotopic (exact) mass is 314 g/mol. The molecular weight excluding hydrogens is 296 g/mol. The van der Waals surface area contributed by atoms with Crippen LogP contribution >= 0.6 is 0 Å². The molecule has 7 nitrogen and oxygen atoms in total. The normalized spacial score (nSPS) is 17.2. The van der Waals surface area contributed by atoms with Crippen molar-refractivity contribution in [2.24, 2.45) is 10.2 Å². The van der Waals surface area contributed by atoms with Gasteiger partial charge in [0.15, 0.2) is 5.66 Å². The molecule has 0 radical (unpaired) electrons. The van der Waals surface area contributed by atoms with Gasteiger partial charge in [-0.2, -0.15) is 10.2 Å². The second kappa shape index (κ2) is 6.34. The average Bonchev–Trinajstić information content (AvgIpc) is 3.32. The number of nitrogens with zero attached hydrogens (tertiary/aromatic N) is 2. The molecule has 0 bridgehead atoms. The summed E-state index contributed by atoms with van der Waals surface area (Å²) in [6.07, 6.45) is 7.78. The van der Waals surface area contributed by atoms with Crippen LogP contribution in [0, 0.1) is 12.3 Å². The first-order valence-corrected chi connectivity index (χ1v) is 7.62. The summed E-state index contributed by atoms with van der Waals surface area (Å²) in [6, 6.07) is 1.61. The summed E-state index contributed by atoms with van der Waals surface area (Å²) in [5.41, 5.74) is 1.01. The molecule has 0 aliphatic carbocycles. The van der Waals surface area contributed by atoms with Crippen LogP contribution in [-0.2, 0) is 17.8 Å². The number of hydrogen-bond acceptors (Lipinski definition) is 5. The zero-order chi connectivity index (χ0) is 16.3. The molecule has 120 valence electrons. The number of terminal acetylenes is 1. The zero-order valence-corrected chi connectivity index (χ0v) is 12.7. The molecule has 3 heterocycles. The number of nitrogens with one attached hydrogen (secondary N) is 2. The summed E-state index contributed by atoms with van der Waals surface area (Å²) >= 11 is 0. The summed E-state index contributed by atoms with van der Waals surface area (Å²) in [5, 5.41) is 10.8. The maximum absolute atomic E-state index is 12.2. The van der Waals surface area contributed by atoms with Crippen molar-refractivity contribution in [3.05, 3.63) is 33.2 Å². The van der Waals surface area contributed by atoms with Gasteiger partial charge in [-0.1, -0.05) is 0 Å². The van der Waals surface area contributed by atoms with E-state index in [-0.39, 0.29) is 11.1 Å². The van der Waals surface area contributed by atoms with E-state index in [1.54, 1.807) is 6.07 Å². The molecule has 0 saturated carbocycles. The Balaban J connectivity index is 1.59. The maximum atomic E-state index is 12.2. The fraction of sp³-hybridized carbons (Fsp3) is 0.500. The predicted molar refractivity (Wildman–Crippen MR) is 83.0 cm³/mol. The van der Waals surface area contributed by atoms with E-state index in [9.17, 15) is 9.59 Å². The lowest BCUT2D eigenvalue weighted by molar-refractivity contribution is 0.0947. The molecule has 3 rings (SSSR count). The Morgan fingerprint density at radius 1 is 1.48 bits per heavy atom. The number of amides is 1. The fourth-order valence-corrected chi connectivity index (χ4v) is 2.63. The number of aromatic nitrogens is 1. The standard InChI is InChI=1S/C16H18N4O3/c1-2-3-5-16(19-20-16)6-7-17-14(21)12-9-11-10-23-8-4-13(11)18-15(12)22/h1,9H,3-8,10H2,(H,17,21)(H,18,22). The lowest BCUT2D eigenvalue weighted by Crippen LogP contribution is -2.33. The number of pyridine rings is 1. The van der Waals surface area contributed by atoms with E-state index in [1.807, 2.05) is 0 Å². The van der Waals surface area contributed by atoms with Crippen LogP contribution in [-0.4, -0.2) is 29.7 Å². The Morgan fingerprint density at radius 3 is 3.04 bits per heavy atom. The van der Waals surface area contributed by atoms with Crippen molar-refractivity contribution in [2.45, 2.75) is 38.0 Å². The molecule has 0 saturated heterocycles. The summed E-state index contributed by atoms with van der Waals surface area (Å²) in [6.45, 7) is 1.39. The second-order valence-electron chi connectivity index (χ2n) is 5.71. The van der Waals surface area contributed by atoms with Gasteiger partial charge in [-0.3, -0.25) is 9.59 Å². The minimum Gasteiger partial charge on any atom is -0.376 e. The summed E-state index contributed by atoms with van der Waals surface area (Å²) in [4.78, 5) is 27.0. The number of rotatable bonds is 6. The Labute approximate surface area is 133 Å². The Morgan fingerprint density at radius 2 is 2.30 bits per heavy atom. The highest BCUT2D eigenvalue weighted by Crippen LogP contribution is 2.36. The molecular formula is C16H18N4O3. The van der Waals surface area contributed by atoms with Gasteiger partial charge in [-0.15, -0.1) is 12.3 Å². The van der Waals surface area contributed by atoms with E-state index in [0.29, 0.717) is 45.4 Å². The number of fused-ring (bicyclic) bond motifs is 1. The lowest BCUT2D eigenvalue weighted by Gasteiger charge is -2.16. The number of ether oxygens (including phenoxy) is 1. The molecule has 7 heteroatoms. The van der Waals surface area contributed by atoms with E-state index >= 15 is 0 Å². The number of H-pyrrole nitrogens is 1. The molecule has 2 aliphatic heterocycles. The van der Waals surface area contributed by atoms with Gasteiger partial charge in [0.1, 0.15) is 5.56 Å². The molecule has 1 aromatic rings. The van der Waals surface area contributed by atoms with Gasteiger partial charge in [0.2, 0.25) is 0 Å². The number of carbonyl (C=O) groups excluding carboxylic acids is 1. The van der Waals surface area contributed by atoms with E-state index in [2.05, 4.69) is 26.4 Å². The summed E-state index contributed by atoms with van der Waals surface area (Å²) < 4.78 is 5.35. The number of aromatic amines is 1. The van der Waals surface area contributed by atoms with Gasteiger partial charge in [0.25, 0.3) is 11.5 Å². The molecule has 2 N–H and O–H groups in total. The quantitative estimate of drug-likeness (QED) is 0.771. The highest BCUT2D eigenvalue weighted by molar-refractivity contribution is 5.94. The number of carbonyl (C=O) groups is 1. The van der Waals surface area contributed by atoms with E-state index in [4.69, 9.17) is 11.2 Å². The van der Waals surface area contributed by atoms with Crippen molar-refractivity contribution >= 4 is 5.91 Å². The van der Waals surface area contributed by atoms with Crippen molar-refractivity contribution < 1.29 is 9.53 Å². The van der Waals surface area contributed by atoms with Crippen LogP contribution in [0.5, 0.6) is 0 Å². The van der Waals surface area contributed by atoms with Crippen LogP contribution in [0.25, 0.3) is 0 Å². The first-order valence-electron chi connectivity index (χ1n) is 7.62. The lowest BCUT2D eigenvalue weighted by atomic mass is 10.0. The largest absolute Gasteiger partial charge is 0.376 e. The predicted octanol–water partition coefficient (Wildman–Crippen LogP) is 1.14. The zero-order valence-electron chi connectivity index (χ0n) is 12.7. The first-order chi connectivity index (χ1) is 11.1. The van der Waals surface area contributed by atoms with Gasteiger partial charge < -0.3 is 15.0 Å². The van der Waals surface area contributed by atoms with Crippen LogP contribution in [0.3, 0.4) is 0 Å². The van der Waals surface area contributed by atoms with Crippen LogP contribution in [0.15, 0.2) is 21.1 Å². The van der Waals surface area contributed by atoms with Crippen LogP contribution in [0.4, 0.5) is 0 Å². The highest BCUT2D eigenvalue weighted by Gasteiger charge is 2.38. The average molecular weight is 314 g/mol. The fourth-order valence-electron chi connectivity index (χ4n) is 2.63. The third-order valence-electron chi connectivity index (χ3n) is 4.08. The van der Waals surface area contributed by atoms with Gasteiger partial charge >= 0.3 is 0 Å². The molecule has 23 heavy (non-hydrogen) atoms. The van der Waals surface area contributed by atoms with Crippen molar-refractivity contribution in [2.75, 3.05) is 13.2 Å².